The second-order valence-corrected chi connectivity index (χ2v) is 5.46. The first-order valence-corrected chi connectivity index (χ1v) is 7.51. The van der Waals surface area contributed by atoms with E-state index in [2.05, 4.69) is 0 Å². The standard InChI is InChI=1S/C18H18N2O3/c19-17(21)16-12-20(10-11-23-16)18(22)15-8-6-14(7-9-15)13-4-2-1-3-5-13/h1-9,16H,10-12H2,(H2,19,21). The number of carbonyl (C=O) groups excluding carboxylic acids is 2. The lowest BCUT2D eigenvalue weighted by atomic mass is 10.0. The van der Waals surface area contributed by atoms with E-state index >= 15 is 0 Å². The maximum atomic E-state index is 12.5. The van der Waals surface area contributed by atoms with Gasteiger partial charge in [-0.15, -0.1) is 0 Å². The average molecular weight is 310 g/mol. The van der Waals surface area contributed by atoms with E-state index in [1.54, 1.807) is 17.0 Å². The minimum Gasteiger partial charge on any atom is -0.367 e. The van der Waals surface area contributed by atoms with Crippen molar-refractivity contribution >= 4 is 11.8 Å². The van der Waals surface area contributed by atoms with Gasteiger partial charge in [0.2, 0.25) is 5.91 Å². The van der Waals surface area contributed by atoms with Crippen molar-refractivity contribution < 1.29 is 14.3 Å². The summed E-state index contributed by atoms with van der Waals surface area (Å²) in [5.41, 5.74) is 8.00. The van der Waals surface area contributed by atoms with E-state index in [1.807, 2.05) is 42.5 Å². The lowest BCUT2D eigenvalue weighted by Gasteiger charge is -2.31. The number of carbonyl (C=O) groups is 2. The number of nitrogens with zero attached hydrogens (tertiary/aromatic N) is 1. The van der Waals surface area contributed by atoms with Crippen molar-refractivity contribution in [2.24, 2.45) is 5.73 Å². The highest BCUT2D eigenvalue weighted by Gasteiger charge is 2.28. The molecule has 0 saturated carbocycles. The van der Waals surface area contributed by atoms with Gasteiger partial charge in [-0.3, -0.25) is 9.59 Å². The Morgan fingerprint density at radius 3 is 2.30 bits per heavy atom. The SMILES string of the molecule is NC(=O)C1CN(C(=O)c2ccc(-c3ccccc3)cc2)CCO1. The number of hydrogen-bond acceptors (Lipinski definition) is 3. The highest BCUT2D eigenvalue weighted by Crippen LogP contribution is 2.20. The van der Waals surface area contributed by atoms with Crippen LogP contribution in [0.3, 0.4) is 0 Å². The Morgan fingerprint density at radius 2 is 1.65 bits per heavy atom. The molecule has 0 aliphatic carbocycles. The zero-order chi connectivity index (χ0) is 16.2. The average Bonchev–Trinajstić information content (AvgIpc) is 2.62. The number of primary amides is 1. The monoisotopic (exact) mass is 310 g/mol. The van der Waals surface area contributed by atoms with Gasteiger partial charge >= 0.3 is 0 Å². The molecular formula is C18H18N2O3. The molecule has 3 rings (SSSR count). The quantitative estimate of drug-likeness (QED) is 0.937. The van der Waals surface area contributed by atoms with Gasteiger partial charge < -0.3 is 15.4 Å². The summed E-state index contributed by atoms with van der Waals surface area (Å²) < 4.78 is 5.26. The van der Waals surface area contributed by atoms with Crippen molar-refractivity contribution in [1.29, 1.82) is 0 Å². The highest BCUT2D eigenvalue weighted by molar-refractivity contribution is 5.95. The molecular weight excluding hydrogens is 292 g/mol. The third-order valence-electron chi connectivity index (χ3n) is 3.91. The number of morpholine rings is 1. The summed E-state index contributed by atoms with van der Waals surface area (Å²) in [4.78, 5) is 25.4. The van der Waals surface area contributed by atoms with E-state index in [0.717, 1.165) is 11.1 Å². The van der Waals surface area contributed by atoms with E-state index < -0.39 is 12.0 Å². The molecule has 1 fully saturated rings. The largest absolute Gasteiger partial charge is 0.367 e. The van der Waals surface area contributed by atoms with Gasteiger partial charge in [-0.05, 0) is 23.3 Å². The Kier molecular flexibility index (Phi) is 4.39. The Morgan fingerprint density at radius 1 is 1.00 bits per heavy atom. The van der Waals surface area contributed by atoms with E-state index in [1.165, 1.54) is 0 Å². The number of hydrogen-bond donors (Lipinski definition) is 1. The van der Waals surface area contributed by atoms with Crippen molar-refractivity contribution in [3.8, 4) is 11.1 Å². The van der Waals surface area contributed by atoms with Gasteiger partial charge in [0.25, 0.3) is 5.91 Å². The summed E-state index contributed by atoms with van der Waals surface area (Å²) in [5.74, 6) is -0.652. The van der Waals surface area contributed by atoms with Crippen LogP contribution in [-0.2, 0) is 9.53 Å². The molecule has 0 spiro atoms. The van der Waals surface area contributed by atoms with Crippen molar-refractivity contribution in [1.82, 2.24) is 4.90 Å². The van der Waals surface area contributed by atoms with E-state index in [0.29, 0.717) is 18.7 Å². The Labute approximate surface area is 134 Å². The first-order chi connectivity index (χ1) is 11.1. The summed E-state index contributed by atoms with van der Waals surface area (Å²) in [7, 11) is 0. The van der Waals surface area contributed by atoms with Crippen LogP contribution in [0.4, 0.5) is 0 Å². The lowest BCUT2D eigenvalue weighted by Crippen LogP contribution is -2.50. The Hall–Kier alpha value is -2.66. The topological polar surface area (TPSA) is 72.6 Å². The molecule has 0 aromatic heterocycles. The summed E-state index contributed by atoms with van der Waals surface area (Å²) in [5, 5.41) is 0. The summed E-state index contributed by atoms with van der Waals surface area (Å²) >= 11 is 0. The first-order valence-electron chi connectivity index (χ1n) is 7.51. The molecule has 2 amide bonds. The van der Waals surface area contributed by atoms with Gasteiger partial charge in [-0.2, -0.15) is 0 Å². The van der Waals surface area contributed by atoms with Crippen LogP contribution >= 0.6 is 0 Å². The molecule has 1 aliphatic heterocycles. The van der Waals surface area contributed by atoms with Crippen LogP contribution in [-0.4, -0.2) is 42.5 Å². The van der Waals surface area contributed by atoms with Crippen LogP contribution in [0.1, 0.15) is 10.4 Å². The fourth-order valence-electron chi connectivity index (χ4n) is 2.62. The molecule has 2 aromatic carbocycles. The fourth-order valence-corrected chi connectivity index (χ4v) is 2.62. The van der Waals surface area contributed by atoms with Crippen LogP contribution in [0.2, 0.25) is 0 Å². The van der Waals surface area contributed by atoms with E-state index in [-0.39, 0.29) is 12.5 Å². The van der Waals surface area contributed by atoms with Gasteiger partial charge in [-0.25, -0.2) is 0 Å². The molecule has 1 atom stereocenters. The summed E-state index contributed by atoms with van der Waals surface area (Å²) in [6.45, 7) is 0.985. The smallest absolute Gasteiger partial charge is 0.254 e. The van der Waals surface area contributed by atoms with Gasteiger partial charge in [0.05, 0.1) is 13.2 Å². The van der Waals surface area contributed by atoms with Gasteiger partial charge in [-0.1, -0.05) is 42.5 Å². The third-order valence-corrected chi connectivity index (χ3v) is 3.91. The molecule has 1 saturated heterocycles. The first kappa shape index (κ1) is 15.2. The molecule has 23 heavy (non-hydrogen) atoms. The minimum absolute atomic E-state index is 0.112. The summed E-state index contributed by atoms with van der Waals surface area (Å²) in [6.07, 6.45) is -0.726. The number of amides is 2. The Bertz CT molecular complexity index is 698. The predicted octanol–water partition coefficient (Wildman–Crippen LogP) is 1.68. The predicted molar refractivity (Wildman–Crippen MR) is 86.7 cm³/mol. The highest BCUT2D eigenvalue weighted by atomic mass is 16.5. The van der Waals surface area contributed by atoms with Crippen LogP contribution < -0.4 is 5.73 Å². The van der Waals surface area contributed by atoms with Crippen molar-refractivity contribution in [2.45, 2.75) is 6.10 Å². The summed E-state index contributed by atoms with van der Waals surface area (Å²) in [6, 6.07) is 17.4. The van der Waals surface area contributed by atoms with Crippen LogP contribution in [0.25, 0.3) is 11.1 Å². The molecule has 2 N–H and O–H groups in total. The molecule has 0 radical (unpaired) electrons. The molecule has 2 aromatic rings. The molecule has 1 unspecified atom stereocenters. The molecule has 5 heteroatoms. The second kappa shape index (κ2) is 6.62. The zero-order valence-electron chi connectivity index (χ0n) is 12.6. The number of benzene rings is 2. The van der Waals surface area contributed by atoms with E-state index in [9.17, 15) is 9.59 Å². The van der Waals surface area contributed by atoms with Crippen molar-refractivity contribution in [3.63, 3.8) is 0 Å². The maximum absolute atomic E-state index is 12.5. The number of ether oxygens (including phenoxy) is 1. The molecule has 0 bridgehead atoms. The molecule has 1 heterocycles. The van der Waals surface area contributed by atoms with Crippen molar-refractivity contribution in [3.05, 3.63) is 60.2 Å². The molecule has 1 aliphatic rings. The van der Waals surface area contributed by atoms with Gasteiger partial charge in [0, 0.05) is 12.1 Å². The minimum atomic E-state index is -0.726. The Balaban J connectivity index is 1.74. The normalized spacial score (nSPS) is 17.7. The van der Waals surface area contributed by atoms with Crippen LogP contribution in [0, 0.1) is 0 Å². The third kappa shape index (κ3) is 3.40. The van der Waals surface area contributed by atoms with Crippen molar-refractivity contribution in [2.75, 3.05) is 19.7 Å². The van der Waals surface area contributed by atoms with Gasteiger partial charge in [0.15, 0.2) is 6.10 Å². The van der Waals surface area contributed by atoms with E-state index in [4.69, 9.17) is 10.5 Å². The van der Waals surface area contributed by atoms with Crippen LogP contribution in [0.15, 0.2) is 54.6 Å². The lowest BCUT2D eigenvalue weighted by molar-refractivity contribution is -0.133. The fraction of sp³-hybridized carbons (Fsp3) is 0.222. The molecule has 5 nitrogen and oxygen atoms in total. The van der Waals surface area contributed by atoms with Crippen LogP contribution in [0.5, 0.6) is 0 Å². The van der Waals surface area contributed by atoms with Gasteiger partial charge in [0.1, 0.15) is 0 Å². The number of rotatable bonds is 3. The molecule has 118 valence electrons. The second-order valence-electron chi connectivity index (χ2n) is 5.46. The maximum Gasteiger partial charge on any atom is 0.254 e. The zero-order valence-corrected chi connectivity index (χ0v) is 12.6. The number of nitrogens with two attached hydrogens (primary N) is 1.